The number of aliphatic imine (C=N–C) groups is 1. The zero-order valence-electron chi connectivity index (χ0n) is 7.96. The highest BCUT2D eigenvalue weighted by Gasteiger charge is 2.32. The van der Waals surface area contributed by atoms with Crippen LogP contribution in [0.5, 0.6) is 0 Å². The van der Waals surface area contributed by atoms with Crippen molar-refractivity contribution < 1.29 is 4.74 Å². The maximum Gasteiger partial charge on any atom is 0.212 e. The Labute approximate surface area is 92.4 Å². The Morgan fingerprint density at radius 3 is 3.00 bits per heavy atom. The van der Waals surface area contributed by atoms with Gasteiger partial charge in [0.25, 0.3) is 0 Å². The highest BCUT2D eigenvalue weighted by molar-refractivity contribution is 8.01. The van der Waals surface area contributed by atoms with Crippen molar-refractivity contribution in [2.24, 2.45) is 4.99 Å². The van der Waals surface area contributed by atoms with Crippen LogP contribution in [0.2, 0.25) is 0 Å². The number of hydrogen-bond acceptors (Lipinski definition) is 3. The molecule has 1 aromatic rings. The van der Waals surface area contributed by atoms with Gasteiger partial charge >= 0.3 is 0 Å². The molecule has 0 bridgehead atoms. The van der Waals surface area contributed by atoms with Crippen LogP contribution in [0.1, 0.15) is 0 Å². The second kappa shape index (κ2) is 3.28. The number of para-hydroxylation sites is 1. The molecule has 0 fully saturated rings. The fourth-order valence-electron chi connectivity index (χ4n) is 1.56. The third-order valence-electron chi connectivity index (χ3n) is 2.29. The van der Waals surface area contributed by atoms with Crippen LogP contribution in [0.4, 0.5) is 5.69 Å². The summed E-state index contributed by atoms with van der Waals surface area (Å²) in [5.41, 5.74) is 1.01. The first-order valence-electron chi connectivity index (χ1n) is 4.73. The largest absolute Gasteiger partial charge is 0.475 e. The molecule has 0 aromatic heterocycles. The number of hydrogen-bond donors (Lipinski definition) is 0. The Hall–Kier alpha value is -1.48. The summed E-state index contributed by atoms with van der Waals surface area (Å²) in [5.74, 6) is 0. The fourth-order valence-corrected chi connectivity index (χ4v) is 2.63. The van der Waals surface area contributed by atoms with Crippen molar-refractivity contribution in [2.45, 2.75) is 9.83 Å². The van der Waals surface area contributed by atoms with Crippen molar-refractivity contribution in [2.75, 3.05) is 0 Å². The molecule has 0 radical (unpaired) electrons. The number of allylic oxidation sites excluding steroid dienone is 2. The predicted octanol–water partition coefficient (Wildman–Crippen LogP) is 3.29. The zero-order chi connectivity index (χ0) is 10.1. The van der Waals surface area contributed by atoms with Gasteiger partial charge in [-0.15, -0.1) is 0 Å². The van der Waals surface area contributed by atoms with Crippen molar-refractivity contribution in [1.29, 1.82) is 0 Å². The van der Waals surface area contributed by atoms with Crippen LogP contribution in [-0.2, 0) is 4.74 Å². The lowest BCUT2D eigenvalue weighted by Crippen LogP contribution is -2.28. The Bertz CT molecular complexity index is 478. The van der Waals surface area contributed by atoms with Crippen LogP contribution in [0.25, 0.3) is 0 Å². The normalized spacial score (nSPS) is 26.4. The quantitative estimate of drug-likeness (QED) is 0.662. The minimum absolute atomic E-state index is 0.441. The predicted molar refractivity (Wildman–Crippen MR) is 62.5 cm³/mol. The maximum atomic E-state index is 5.61. The van der Waals surface area contributed by atoms with E-state index in [1.54, 1.807) is 18.0 Å². The molecule has 74 valence electrons. The van der Waals surface area contributed by atoms with Gasteiger partial charge in [0, 0.05) is 4.90 Å². The summed E-state index contributed by atoms with van der Waals surface area (Å²) >= 11 is 1.67. The molecule has 0 N–H and O–H groups in total. The van der Waals surface area contributed by atoms with Crippen LogP contribution in [0.3, 0.4) is 0 Å². The highest BCUT2D eigenvalue weighted by Crippen LogP contribution is 2.43. The van der Waals surface area contributed by atoms with E-state index in [2.05, 4.69) is 11.1 Å². The summed E-state index contributed by atoms with van der Waals surface area (Å²) in [5, 5.41) is 0. The SMILES string of the molecule is C1=COC2(C=C1)C=Nc1ccccc1S2. The molecule has 3 rings (SSSR count). The van der Waals surface area contributed by atoms with E-state index >= 15 is 0 Å². The Morgan fingerprint density at radius 2 is 2.13 bits per heavy atom. The molecule has 0 saturated heterocycles. The van der Waals surface area contributed by atoms with Gasteiger partial charge in [0.05, 0.1) is 18.2 Å². The van der Waals surface area contributed by atoms with E-state index in [0.717, 1.165) is 10.6 Å². The summed E-state index contributed by atoms with van der Waals surface area (Å²) in [6.07, 6.45) is 9.42. The van der Waals surface area contributed by atoms with Crippen LogP contribution >= 0.6 is 11.8 Å². The summed E-state index contributed by atoms with van der Waals surface area (Å²) in [7, 11) is 0. The lowest BCUT2D eigenvalue weighted by atomic mass is 10.2. The maximum absolute atomic E-state index is 5.61. The van der Waals surface area contributed by atoms with Gasteiger partial charge in [-0.2, -0.15) is 0 Å². The summed E-state index contributed by atoms with van der Waals surface area (Å²) in [6.45, 7) is 0. The van der Waals surface area contributed by atoms with Crippen LogP contribution in [0.15, 0.2) is 58.6 Å². The molecule has 1 spiro atoms. The average molecular weight is 215 g/mol. The number of nitrogens with zero attached hydrogens (tertiary/aromatic N) is 1. The van der Waals surface area contributed by atoms with Gasteiger partial charge in [0.15, 0.2) is 0 Å². The lowest BCUT2D eigenvalue weighted by Gasteiger charge is -2.29. The third kappa shape index (κ3) is 1.49. The van der Waals surface area contributed by atoms with Crippen molar-refractivity contribution in [3.63, 3.8) is 0 Å². The molecule has 3 heteroatoms. The Morgan fingerprint density at radius 1 is 1.20 bits per heavy atom. The van der Waals surface area contributed by atoms with Gasteiger partial charge < -0.3 is 4.74 Å². The first kappa shape index (κ1) is 8.80. The molecule has 0 amide bonds. The monoisotopic (exact) mass is 215 g/mol. The molecule has 2 heterocycles. The lowest BCUT2D eigenvalue weighted by molar-refractivity contribution is 0.214. The second-order valence-corrected chi connectivity index (χ2v) is 4.64. The van der Waals surface area contributed by atoms with Crippen molar-refractivity contribution >= 4 is 23.7 Å². The average Bonchev–Trinajstić information content (AvgIpc) is 2.30. The smallest absolute Gasteiger partial charge is 0.212 e. The van der Waals surface area contributed by atoms with Gasteiger partial charge in [-0.05, 0) is 24.3 Å². The summed E-state index contributed by atoms with van der Waals surface area (Å²) in [6, 6.07) is 8.08. The molecule has 15 heavy (non-hydrogen) atoms. The van der Waals surface area contributed by atoms with Crippen LogP contribution < -0.4 is 0 Å². The number of thioether (sulfide) groups is 1. The molecular weight excluding hydrogens is 206 g/mol. The summed E-state index contributed by atoms with van der Waals surface area (Å²) in [4.78, 5) is 5.13. The van der Waals surface area contributed by atoms with Crippen LogP contribution in [-0.4, -0.2) is 11.1 Å². The van der Waals surface area contributed by atoms with E-state index in [1.807, 2.05) is 42.6 Å². The second-order valence-electron chi connectivity index (χ2n) is 3.35. The van der Waals surface area contributed by atoms with E-state index in [4.69, 9.17) is 4.74 Å². The van der Waals surface area contributed by atoms with E-state index in [9.17, 15) is 0 Å². The Kier molecular flexibility index (Phi) is 1.92. The van der Waals surface area contributed by atoms with Crippen molar-refractivity contribution in [3.05, 3.63) is 48.8 Å². The molecule has 1 atom stereocenters. The minimum atomic E-state index is -0.441. The number of rotatable bonds is 0. The molecule has 0 saturated carbocycles. The molecular formula is C12H9NOS. The first-order valence-corrected chi connectivity index (χ1v) is 5.55. The first-order chi connectivity index (χ1) is 7.38. The van der Waals surface area contributed by atoms with E-state index < -0.39 is 4.93 Å². The van der Waals surface area contributed by atoms with Crippen molar-refractivity contribution in [1.82, 2.24) is 0 Å². The molecule has 2 aliphatic heterocycles. The summed E-state index contributed by atoms with van der Waals surface area (Å²) < 4.78 is 5.61. The van der Waals surface area contributed by atoms with E-state index in [0.29, 0.717) is 0 Å². The van der Waals surface area contributed by atoms with Crippen molar-refractivity contribution in [3.8, 4) is 0 Å². The molecule has 2 nitrogen and oxygen atoms in total. The molecule has 1 unspecified atom stereocenters. The van der Waals surface area contributed by atoms with Gasteiger partial charge in [-0.25, -0.2) is 0 Å². The number of fused-ring (bicyclic) bond motifs is 1. The number of ether oxygens (including phenoxy) is 1. The zero-order valence-corrected chi connectivity index (χ0v) is 8.78. The number of benzene rings is 1. The fraction of sp³-hybridized carbons (Fsp3) is 0.0833. The standard InChI is InChI=1S/C12H9NOS/c1-2-6-11-10(5-1)13-9-12(15-11)7-3-4-8-14-12/h1-9H. The topological polar surface area (TPSA) is 21.6 Å². The minimum Gasteiger partial charge on any atom is -0.475 e. The van der Waals surface area contributed by atoms with Gasteiger partial charge in [0.2, 0.25) is 4.93 Å². The molecule has 0 aliphatic carbocycles. The molecule has 1 aromatic carbocycles. The molecule has 2 aliphatic rings. The van der Waals surface area contributed by atoms with Gasteiger partial charge in [-0.1, -0.05) is 30.0 Å². The highest BCUT2D eigenvalue weighted by atomic mass is 32.2. The van der Waals surface area contributed by atoms with Crippen LogP contribution in [0, 0.1) is 0 Å². The third-order valence-corrected chi connectivity index (χ3v) is 3.51. The Balaban J connectivity index is 2.02. The van der Waals surface area contributed by atoms with E-state index in [-0.39, 0.29) is 0 Å². The van der Waals surface area contributed by atoms with E-state index in [1.165, 1.54) is 0 Å². The van der Waals surface area contributed by atoms with Gasteiger partial charge in [0.1, 0.15) is 0 Å². The van der Waals surface area contributed by atoms with Gasteiger partial charge in [-0.3, -0.25) is 4.99 Å².